The molecular weight excluding hydrogens is 360 g/mol. The van der Waals surface area contributed by atoms with E-state index >= 15 is 0 Å². The fourth-order valence-electron chi connectivity index (χ4n) is 3.90. The van der Waals surface area contributed by atoms with E-state index < -0.39 is 5.97 Å². The van der Waals surface area contributed by atoms with Gasteiger partial charge >= 0.3 is 5.97 Å². The van der Waals surface area contributed by atoms with Crippen LogP contribution in [0.3, 0.4) is 0 Å². The minimum atomic E-state index is -0.440. The van der Waals surface area contributed by atoms with Crippen molar-refractivity contribution in [2.45, 2.75) is 13.3 Å². The summed E-state index contributed by atoms with van der Waals surface area (Å²) < 4.78 is 17.8. The minimum Gasteiger partial charge on any atom is -0.462 e. The monoisotopic (exact) mass is 378 g/mol. The average Bonchev–Trinajstić information content (AvgIpc) is 3.35. The topological polar surface area (TPSA) is 70.0 Å². The number of benzene rings is 2. The highest BCUT2D eigenvalue weighted by atomic mass is 16.7. The van der Waals surface area contributed by atoms with Crippen molar-refractivity contribution in [2.24, 2.45) is 0 Å². The lowest BCUT2D eigenvalue weighted by atomic mass is 10.0. The van der Waals surface area contributed by atoms with Crippen LogP contribution in [-0.4, -0.2) is 30.6 Å². The lowest BCUT2D eigenvalue weighted by Gasteiger charge is -2.22. The number of carbonyl (C=O) groups is 1. The maximum absolute atomic E-state index is 13.4. The van der Waals surface area contributed by atoms with E-state index in [1.54, 1.807) is 23.7 Å². The summed E-state index contributed by atoms with van der Waals surface area (Å²) in [6.45, 7) is 2.71. The van der Waals surface area contributed by atoms with Gasteiger partial charge in [-0.15, -0.1) is 0 Å². The molecule has 5 rings (SSSR count). The molecule has 0 amide bonds. The number of rotatable bonds is 3. The molecule has 0 unspecified atom stereocenters. The van der Waals surface area contributed by atoms with Crippen LogP contribution < -0.4 is 20.0 Å². The lowest BCUT2D eigenvalue weighted by molar-refractivity contribution is 0.0526. The molecule has 0 saturated heterocycles. The van der Waals surface area contributed by atoms with E-state index in [9.17, 15) is 9.59 Å². The van der Waals surface area contributed by atoms with Gasteiger partial charge in [0.05, 0.1) is 28.9 Å². The predicted molar refractivity (Wildman–Crippen MR) is 103 cm³/mol. The quantitative estimate of drug-likeness (QED) is 0.653. The Morgan fingerprint density at radius 2 is 1.82 bits per heavy atom. The number of pyridine rings is 1. The molecule has 0 saturated carbocycles. The molecule has 7 heteroatoms. The molecule has 142 valence electrons. The second kappa shape index (κ2) is 6.30. The highest BCUT2D eigenvalue weighted by molar-refractivity contribution is 6.06. The van der Waals surface area contributed by atoms with E-state index in [0.717, 1.165) is 5.69 Å². The van der Waals surface area contributed by atoms with Gasteiger partial charge < -0.3 is 14.2 Å². The van der Waals surface area contributed by atoms with Gasteiger partial charge in [-0.25, -0.2) is 9.47 Å². The van der Waals surface area contributed by atoms with E-state index in [0.29, 0.717) is 46.5 Å². The van der Waals surface area contributed by atoms with Gasteiger partial charge in [-0.3, -0.25) is 9.80 Å². The zero-order valence-corrected chi connectivity index (χ0v) is 15.3. The summed E-state index contributed by atoms with van der Waals surface area (Å²) in [6, 6.07) is 13.0. The van der Waals surface area contributed by atoms with E-state index in [2.05, 4.69) is 0 Å². The molecule has 7 nitrogen and oxygen atoms in total. The smallest absolute Gasteiger partial charge is 0.340 e. The second-order valence-electron chi connectivity index (χ2n) is 6.62. The number of para-hydroxylation sites is 1. The van der Waals surface area contributed by atoms with E-state index in [1.807, 2.05) is 35.3 Å². The minimum absolute atomic E-state index is 0.0948. The number of carbonyl (C=O) groups excluding carboxylic acids is 1. The molecule has 0 N–H and O–H groups in total. The first-order valence-corrected chi connectivity index (χ1v) is 9.20. The van der Waals surface area contributed by atoms with Crippen LogP contribution in [0.1, 0.15) is 23.0 Å². The Morgan fingerprint density at radius 1 is 1.11 bits per heavy atom. The van der Waals surface area contributed by atoms with Gasteiger partial charge in [0.25, 0.3) is 5.56 Å². The molecule has 0 bridgehead atoms. The maximum Gasteiger partial charge on any atom is 0.340 e. The maximum atomic E-state index is 13.4. The van der Waals surface area contributed by atoms with Gasteiger partial charge in [-0.1, -0.05) is 18.2 Å². The molecule has 2 aromatic carbocycles. The predicted octanol–water partition coefficient (Wildman–Crippen LogP) is 2.73. The number of esters is 1. The molecule has 2 aliphatic rings. The molecule has 0 fully saturated rings. The molecule has 0 spiro atoms. The second-order valence-corrected chi connectivity index (χ2v) is 6.62. The number of aromatic nitrogens is 1. The first kappa shape index (κ1) is 16.7. The van der Waals surface area contributed by atoms with Gasteiger partial charge in [-0.05, 0) is 31.2 Å². The first-order chi connectivity index (χ1) is 13.7. The summed E-state index contributed by atoms with van der Waals surface area (Å²) in [6.07, 6.45) is 0.558. The van der Waals surface area contributed by atoms with Crippen LogP contribution in [0, 0.1) is 0 Å². The summed E-state index contributed by atoms with van der Waals surface area (Å²) in [4.78, 5) is 26.3. The Labute approximate surface area is 160 Å². The zero-order chi connectivity index (χ0) is 19.3. The van der Waals surface area contributed by atoms with E-state index in [1.165, 1.54) is 0 Å². The number of hydrogen-bond donors (Lipinski definition) is 0. The molecule has 0 radical (unpaired) electrons. The Hall–Kier alpha value is -3.48. The van der Waals surface area contributed by atoms with Crippen molar-refractivity contribution >= 4 is 22.4 Å². The zero-order valence-electron chi connectivity index (χ0n) is 15.3. The van der Waals surface area contributed by atoms with Gasteiger partial charge in [0.2, 0.25) is 6.79 Å². The summed E-state index contributed by atoms with van der Waals surface area (Å²) in [7, 11) is 0. The molecular formula is C21H18N2O5. The van der Waals surface area contributed by atoms with Crippen LogP contribution in [0.5, 0.6) is 11.5 Å². The van der Waals surface area contributed by atoms with E-state index in [4.69, 9.17) is 14.2 Å². The van der Waals surface area contributed by atoms with Crippen molar-refractivity contribution in [3.8, 4) is 11.5 Å². The average molecular weight is 378 g/mol. The van der Waals surface area contributed by atoms with E-state index in [-0.39, 0.29) is 19.0 Å². The Kier molecular flexibility index (Phi) is 3.75. The Bertz CT molecular complexity index is 1150. The largest absolute Gasteiger partial charge is 0.462 e. The summed E-state index contributed by atoms with van der Waals surface area (Å²) in [5.41, 5.74) is 1.75. The fourth-order valence-corrected chi connectivity index (χ4v) is 3.90. The number of nitrogens with zero attached hydrogens (tertiary/aromatic N) is 2. The number of anilines is 1. The van der Waals surface area contributed by atoms with Gasteiger partial charge in [0.1, 0.15) is 0 Å². The van der Waals surface area contributed by atoms with Crippen LogP contribution in [0.15, 0.2) is 47.3 Å². The molecule has 1 aromatic heterocycles. The number of ether oxygens (including phenoxy) is 3. The van der Waals surface area contributed by atoms with Crippen molar-refractivity contribution in [2.75, 3.05) is 25.0 Å². The van der Waals surface area contributed by atoms with Crippen molar-refractivity contribution in [3.63, 3.8) is 0 Å². The van der Waals surface area contributed by atoms with Crippen LogP contribution in [0.25, 0.3) is 10.8 Å². The Morgan fingerprint density at radius 3 is 2.54 bits per heavy atom. The fraction of sp³-hybridized carbons (Fsp3) is 0.238. The third-order valence-corrected chi connectivity index (χ3v) is 5.08. The van der Waals surface area contributed by atoms with Crippen molar-refractivity contribution in [1.82, 2.24) is 4.68 Å². The summed E-state index contributed by atoms with van der Waals surface area (Å²) in [5.74, 6) is 0.592. The van der Waals surface area contributed by atoms with Crippen LogP contribution in [0.2, 0.25) is 0 Å². The highest BCUT2D eigenvalue weighted by Gasteiger charge is 2.31. The Balaban J connectivity index is 1.82. The normalized spacial score (nSPS) is 14.4. The first-order valence-electron chi connectivity index (χ1n) is 9.20. The summed E-state index contributed by atoms with van der Waals surface area (Å²) in [5, 5.41) is 2.83. The lowest BCUT2D eigenvalue weighted by Crippen LogP contribution is -2.36. The molecule has 28 heavy (non-hydrogen) atoms. The SMILES string of the molecule is CCOC(=O)c1c2n(c(=O)c3cc4c(cc13)OCO4)N(c1ccccc1)CC2. The third-order valence-electron chi connectivity index (χ3n) is 5.08. The standard InChI is InChI=1S/C21H18N2O5/c1-2-26-21(25)19-14-10-17-18(28-12-27-17)11-15(14)20(24)23-16(19)8-9-22(23)13-6-4-3-5-7-13/h3-7,10-11H,2,8-9,12H2,1H3. The number of hydrogen-bond acceptors (Lipinski definition) is 6. The highest BCUT2D eigenvalue weighted by Crippen LogP contribution is 2.38. The van der Waals surface area contributed by atoms with Crippen LogP contribution >= 0.6 is 0 Å². The molecule has 3 aromatic rings. The molecule has 0 atom stereocenters. The third kappa shape index (κ3) is 2.36. The van der Waals surface area contributed by atoms with Crippen LogP contribution in [0.4, 0.5) is 5.69 Å². The molecule has 0 aliphatic carbocycles. The van der Waals surface area contributed by atoms with Gasteiger partial charge in [0, 0.05) is 18.4 Å². The van der Waals surface area contributed by atoms with Crippen molar-refractivity contribution in [3.05, 3.63) is 64.1 Å². The van der Waals surface area contributed by atoms with Crippen LogP contribution in [-0.2, 0) is 11.2 Å². The van der Waals surface area contributed by atoms with Gasteiger partial charge in [0.15, 0.2) is 11.5 Å². The molecule has 3 heterocycles. The van der Waals surface area contributed by atoms with Crippen molar-refractivity contribution < 1.29 is 19.0 Å². The summed E-state index contributed by atoms with van der Waals surface area (Å²) >= 11 is 0. The number of fused-ring (bicyclic) bond motifs is 3. The molecule has 2 aliphatic heterocycles. The van der Waals surface area contributed by atoms with Crippen molar-refractivity contribution in [1.29, 1.82) is 0 Å². The van der Waals surface area contributed by atoms with Gasteiger partial charge in [-0.2, -0.15) is 0 Å².